The first-order valence-corrected chi connectivity index (χ1v) is 12.3. The van der Waals surface area contributed by atoms with Crippen LogP contribution in [0.25, 0.3) is 11.1 Å². The quantitative estimate of drug-likeness (QED) is 0.179. The molecular formula is C25H20Cl6N4. The lowest BCUT2D eigenvalue weighted by molar-refractivity contribution is 1.19. The van der Waals surface area contributed by atoms with Gasteiger partial charge >= 0.3 is 0 Å². The first-order valence-electron chi connectivity index (χ1n) is 10.0. The molecular weight excluding hydrogens is 569 g/mol. The molecule has 8 N–H and O–H groups in total. The Labute approximate surface area is 233 Å². The van der Waals surface area contributed by atoms with Gasteiger partial charge in [0, 0.05) is 11.1 Å². The molecule has 4 nitrogen and oxygen atoms in total. The third kappa shape index (κ3) is 6.95. The Morgan fingerprint density at radius 2 is 0.743 bits per heavy atom. The van der Waals surface area contributed by atoms with Gasteiger partial charge < -0.3 is 22.9 Å². The summed E-state index contributed by atoms with van der Waals surface area (Å²) in [5, 5.41) is 2.84. The Balaban J connectivity index is 0.000000196. The van der Waals surface area contributed by atoms with Crippen molar-refractivity contribution >= 4 is 92.4 Å². The van der Waals surface area contributed by atoms with Crippen molar-refractivity contribution in [3.8, 4) is 11.1 Å². The summed E-state index contributed by atoms with van der Waals surface area (Å²) in [4.78, 5) is 0. The van der Waals surface area contributed by atoms with Crippen LogP contribution in [0.3, 0.4) is 0 Å². The van der Waals surface area contributed by atoms with Crippen molar-refractivity contribution in [2.24, 2.45) is 0 Å². The molecule has 182 valence electrons. The molecule has 0 aliphatic rings. The summed E-state index contributed by atoms with van der Waals surface area (Å²) >= 11 is 36.1. The number of nitrogens with two attached hydrogens (primary N) is 4. The number of benzene rings is 4. The molecule has 0 aromatic heterocycles. The Morgan fingerprint density at radius 1 is 0.400 bits per heavy atom. The highest BCUT2D eigenvalue weighted by Gasteiger charge is 2.13. The molecule has 0 aliphatic carbocycles. The van der Waals surface area contributed by atoms with Crippen molar-refractivity contribution < 1.29 is 0 Å². The molecule has 0 aliphatic heterocycles. The molecule has 0 bridgehead atoms. The molecule has 10 heteroatoms. The standard InChI is InChI=1S/C13H12Cl2N2.C12H8Cl4N2/c14-10-6-8(1-3-12(10)16)5-9-2-4-13(17)11(15)7-9;13-7-3-11(17)9(15)1-5(7)6-2-10(16)12(18)4-8(6)14/h1-4,6-7H,5,16-17H2;1-4H,17-18H2. The molecule has 4 rings (SSSR count). The molecule has 0 saturated heterocycles. The van der Waals surface area contributed by atoms with Crippen LogP contribution in [0, 0.1) is 0 Å². The van der Waals surface area contributed by atoms with Crippen LogP contribution in [0.1, 0.15) is 11.1 Å². The molecule has 35 heavy (non-hydrogen) atoms. The highest BCUT2D eigenvalue weighted by molar-refractivity contribution is 6.40. The van der Waals surface area contributed by atoms with E-state index in [0.717, 1.165) is 17.5 Å². The maximum atomic E-state index is 6.13. The molecule has 0 heterocycles. The van der Waals surface area contributed by atoms with Crippen LogP contribution >= 0.6 is 69.6 Å². The Hall–Kier alpha value is -2.18. The van der Waals surface area contributed by atoms with E-state index in [4.69, 9.17) is 92.5 Å². The van der Waals surface area contributed by atoms with Gasteiger partial charge in [-0.05, 0) is 66.1 Å². The van der Waals surface area contributed by atoms with E-state index in [9.17, 15) is 0 Å². The molecule has 0 atom stereocenters. The lowest BCUT2D eigenvalue weighted by atomic mass is 10.0. The van der Waals surface area contributed by atoms with Crippen LogP contribution in [-0.2, 0) is 6.42 Å². The first kappa shape index (κ1) is 27.4. The summed E-state index contributed by atoms with van der Waals surface area (Å²) in [5.74, 6) is 0. The van der Waals surface area contributed by atoms with Gasteiger partial charge in [0.15, 0.2) is 0 Å². The van der Waals surface area contributed by atoms with E-state index in [2.05, 4.69) is 0 Å². The van der Waals surface area contributed by atoms with Gasteiger partial charge in [-0.2, -0.15) is 0 Å². The summed E-state index contributed by atoms with van der Waals surface area (Å²) in [6.45, 7) is 0. The summed E-state index contributed by atoms with van der Waals surface area (Å²) in [6, 6.07) is 17.7. The Bertz CT molecular complexity index is 1290. The Kier molecular flexibility index (Phi) is 9.16. The number of nitrogen functional groups attached to an aromatic ring is 4. The van der Waals surface area contributed by atoms with Gasteiger partial charge in [0.2, 0.25) is 0 Å². The predicted molar refractivity (Wildman–Crippen MR) is 155 cm³/mol. The molecule has 4 aromatic rings. The second-order valence-electron chi connectivity index (χ2n) is 7.60. The van der Waals surface area contributed by atoms with Gasteiger partial charge in [0.25, 0.3) is 0 Å². The van der Waals surface area contributed by atoms with Crippen molar-refractivity contribution in [2.45, 2.75) is 6.42 Å². The lowest BCUT2D eigenvalue weighted by Gasteiger charge is -2.11. The number of halogens is 6. The van der Waals surface area contributed by atoms with Gasteiger partial charge in [0.1, 0.15) is 0 Å². The van der Waals surface area contributed by atoms with Crippen LogP contribution in [0.5, 0.6) is 0 Å². The van der Waals surface area contributed by atoms with E-state index in [1.54, 1.807) is 36.4 Å². The van der Waals surface area contributed by atoms with Gasteiger partial charge in [-0.25, -0.2) is 0 Å². The van der Waals surface area contributed by atoms with Crippen LogP contribution in [0.15, 0.2) is 60.7 Å². The molecule has 0 radical (unpaired) electrons. The van der Waals surface area contributed by atoms with Crippen molar-refractivity contribution in [1.29, 1.82) is 0 Å². The van der Waals surface area contributed by atoms with Crippen molar-refractivity contribution in [1.82, 2.24) is 0 Å². The van der Waals surface area contributed by atoms with E-state index in [1.807, 2.05) is 24.3 Å². The topological polar surface area (TPSA) is 104 Å². The fourth-order valence-corrected chi connectivity index (χ4v) is 4.42. The van der Waals surface area contributed by atoms with Crippen LogP contribution in [0.2, 0.25) is 30.1 Å². The van der Waals surface area contributed by atoms with E-state index < -0.39 is 0 Å². The minimum Gasteiger partial charge on any atom is -0.398 e. The number of anilines is 4. The largest absolute Gasteiger partial charge is 0.398 e. The van der Waals surface area contributed by atoms with Crippen molar-refractivity contribution in [3.63, 3.8) is 0 Å². The number of hydrogen-bond acceptors (Lipinski definition) is 4. The van der Waals surface area contributed by atoms with E-state index >= 15 is 0 Å². The molecule has 4 aromatic carbocycles. The second-order valence-corrected chi connectivity index (χ2v) is 10.0. The zero-order valence-electron chi connectivity index (χ0n) is 18.1. The molecule has 0 unspecified atom stereocenters. The zero-order valence-corrected chi connectivity index (χ0v) is 22.6. The minimum absolute atomic E-state index is 0.401. The molecule has 0 fully saturated rings. The maximum absolute atomic E-state index is 6.13. The fraction of sp³-hybridized carbons (Fsp3) is 0.0400. The lowest BCUT2D eigenvalue weighted by Crippen LogP contribution is -1.93. The SMILES string of the molecule is Nc1cc(Cl)c(-c2cc(Cl)c(N)cc2Cl)cc1Cl.Nc1ccc(Cc2ccc(N)c(Cl)c2)cc1Cl. The third-order valence-corrected chi connectivity index (χ3v) is 6.94. The number of hydrogen-bond donors (Lipinski definition) is 4. The van der Waals surface area contributed by atoms with Crippen LogP contribution in [0.4, 0.5) is 22.7 Å². The third-order valence-electron chi connectivity index (χ3n) is 5.00. The van der Waals surface area contributed by atoms with E-state index in [1.165, 1.54) is 0 Å². The maximum Gasteiger partial charge on any atom is 0.0642 e. The highest BCUT2D eigenvalue weighted by atomic mass is 35.5. The number of rotatable bonds is 3. The Morgan fingerprint density at radius 3 is 1.09 bits per heavy atom. The highest BCUT2D eigenvalue weighted by Crippen LogP contribution is 2.40. The van der Waals surface area contributed by atoms with Crippen LogP contribution < -0.4 is 22.9 Å². The monoisotopic (exact) mass is 586 g/mol. The average Bonchev–Trinajstić information content (AvgIpc) is 2.79. The van der Waals surface area contributed by atoms with Crippen molar-refractivity contribution in [3.05, 3.63) is 102 Å². The summed E-state index contributed by atoms with van der Waals surface area (Å²) < 4.78 is 0. The van der Waals surface area contributed by atoms with Gasteiger partial charge in [-0.3, -0.25) is 0 Å². The minimum atomic E-state index is 0.401. The average molecular weight is 589 g/mol. The molecule has 0 spiro atoms. The second kappa shape index (κ2) is 11.7. The summed E-state index contributed by atoms with van der Waals surface area (Å²) in [7, 11) is 0. The van der Waals surface area contributed by atoms with Gasteiger partial charge in [-0.1, -0.05) is 81.7 Å². The fourth-order valence-electron chi connectivity index (χ4n) is 3.13. The normalized spacial score (nSPS) is 10.6. The van der Waals surface area contributed by atoms with Gasteiger partial charge in [0.05, 0.1) is 52.9 Å². The van der Waals surface area contributed by atoms with Gasteiger partial charge in [-0.15, -0.1) is 0 Å². The van der Waals surface area contributed by atoms with Crippen molar-refractivity contribution in [2.75, 3.05) is 22.9 Å². The zero-order chi connectivity index (χ0) is 25.9. The van der Waals surface area contributed by atoms with E-state index in [0.29, 0.717) is 64.0 Å². The van der Waals surface area contributed by atoms with Crippen LogP contribution in [-0.4, -0.2) is 0 Å². The molecule has 0 saturated carbocycles. The predicted octanol–water partition coefficient (Wildman–Crippen LogP) is 8.88. The first-order chi connectivity index (χ1) is 16.5. The van der Waals surface area contributed by atoms with E-state index in [-0.39, 0.29) is 0 Å². The smallest absolute Gasteiger partial charge is 0.0642 e. The summed E-state index contributed by atoms with van der Waals surface area (Å²) in [5.41, 5.74) is 28.1. The summed E-state index contributed by atoms with van der Waals surface area (Å²) in [6.07, 6.45) is 0.750. The molecule has 0 amide bonds.